The average molecular weight is 555 g/mol. The third kappa shape index (κ3) is 7.23. The summed E-state index contributed by atoms with van der Waals surface area (Å²) in [5, 5.41) is 21.0. The average Bonchev–Trinajstić information content (AvgIpc) is 3.25. The summed E-state index contributed by atoms with van der Waals surface area (Å²) in [5.74, 6) is -0.129. The third-order valence-electron chi connectivity index (χ3n) is 6.33. The molecule has 2 amide bonds. The van der Waals surface area contributed by atoms with Gasteiger partial charge >= 0.3 is 6.09 Å². The minimum atomic E-state index is -0.605. The lowest BCUT2D eigenvalue weighted by Crippen LogP contribution is -2.27. The fourth-order valence-electron chi connectivity index (χ4n) is 4.57. The van der Waals surface area contributed by atoms with Crippen molar-refractivity contribution < 1.29 is 14.3 Å². The fraction of sp³-hybridized carbons (Fsp3) is 0.333. The molecule has 0 radical (unpaired) electrons. The lowest BCUT2D eigenvalue weighted by Gasteiger charge is -2.20. The van der Waals surface area contributed by atoms with E-state index in [1.54, 1.807) is 43.8 Å². The van der Waals surface area contributed by atoms with Gasteiger partial charge in [0.1, 0.15) is 17.5 Å². The number of fused-ring (bicyclic) bond motifs is 1. The molecule has 3 aromatic heterocycles. The molecule has 0 atom stereocenters. The van der Waals surface area contributed by atoms with E-state index in [1.807, 2.05) is 39.1 Å². The number of aromatic nitrogens is 4. The first-order valence-corrected chi connectivity index (χ1v) is 13.2. The smallest absolute Gasteiger partial charge is 0.413 e. The summed E-state index contributed by atoms with van der Waals surface area (Å²) in [6.07, 6.45) is 2.96. The molecule has 0 saturated heterocycles. The van der Waals surface area contributed by atoms with Crippen LogP contribution < -0.4 is 16.4 Å². The number of primary amides is 1. The van der Waals surface area contributed by atoms with E-state index in [-0.39, 0.29) is 0 Å². The number of carbonyl (C=O) groups is 2. The number of nitriles is 1. The molecule has 4 rings (SSSR count). The number of ether oxygens (including phenoxy) is 1. The Hall–Kier alpha value is -4.82. The number of hydrogen-bond acceptors (Lipinski definition) is 8. The van der Waals surface area contributed by atoms with E-state index in [0.29, 0.717) is 42.2 Å². The summed E-state index contributed by atoms with van der Waals surface area (Å²) in [5.41, 5.74) is 11.5. The molecule has 3 heterocycles. The van der Waals surface area contributed by atoms with Crippen molar-refractivity contribution in [3.63, 3.8) is 0 Å². The monoisotopic (exact) mass is 554 g/mol. The van der Waals surface area contributed by atoms with Crippen molar-refractivity contribution in [1.82, 2.24) is 25.1 Å². The second kappa shape index (κ2) is 11.7. The van der Waals surface area contributed by atoms with Gasteiger partial charge in [0.25, 0.3) is 5.91 Å². The van der Waals surface area contributed by atoms with Gasteiger partial charge in [-0.15, -0.1) is 0 Å². The molecule has 0 fully saturated rings. The van der Waals surface area contributed by atoms with E-state index in [4.69, 9.17) is 10.5 Å². The van der Waals surface area contributed by atoms with Gasteiger partial charge in [-0.1, -0.05) is 0 Å². The van der Waals surface area contributed by atoms with Crippen LogP contribution in [0.2, 0.25) is 0 Å². The van der Waals surface area contributed by atoms with Gasteiger partial charge < -0.3 is 15.8 Å². The molecule has 41 heavy (non-hydrogen) atoms. The van der Waals surface area contributed by atoms with E-state index in [0.717, 1.165) is 38.9 Å². The number of nitrogens with two attached hydrogens (primary N) is 1. The number of aryl methyl sites for hydroxylation is 3. The lowest BCUT2D eigenvalue weighted by molar-refractivity contribution is 0.0635. The molecular weight excluding hydrogens is 520 g/mol. The van der Waals surface area contributed by atoms with E-state index >= 15 is 0 Å². The molecule has 0 aliphatic rings. The Balaban J connectivity index is 1.46. The van der Waals surface area contributed by atoms with Crippen molar-refractivity contribution in [2.45, 2.75) is 66.8 Å². The highest BCUT2D eigenvalue weighted by Crippen LogP contribution is 2.22. The third-order valence-corrected chi connectivity index (χ3v) is 6.33. The predicted octanol–water partition coefficient (Wildman–Crippen LogP) is 4.41. The summed E-state index contributed by atoms with van der Waals surface area (Å²) < 4.78 is 6.99. The molecule has 4 aromatic rings. The van der Waals surface area contributed by atoms with Crippen molar-refractivity contribution in [3.8, 4) is 6.07 Å². The summed E-state index contributed by atoms with van der Waals surface area (Å²) in [6, 6.07) is 9.59. The topological polar surface area (TPSA) is 161 Å². The minimum absolute atomic E-state index is 0.314. The molecule has 212 valence electrons. The zero-order valence-corrected chi connectivity index (χ0v) is 24.1. The highest BCUT2D eigenvalue weighted by Gasteiger charge is 2.18. The molecule has 0 bridgehead atoms. The van der Waals surface area contributed by atoms with Crippen LogP contribution in [0.25, 0.3) is 10.9 Å². The molecule has 11 nitrogen and oxygen atoms in total. The SMILES string of the molecule is Cc1cnc2c(C(N)=O)cc(Cn3cc(CNCc4c(C)cc(NC(=O)OC(C)(C)C)nc4C)c(C#N)n3)cc2c1. The molecular formula is C30H34N8O3. The van der Waals surface area contributed by atoms with Crippen molar-refractivity contribution >= 4 is 28.7 Å². The van der Waals surface area contributed by atoms with Crippen molar-refractivity contribution in [3.05, 3.63) is 81.4 Å². The maximum Gasteiger partial charge on any atom is 0.413 e. The van der Waals surface area contributed by atoms with Gasteiger partial charge in [0, 0.05) is 42.1 Å². The largest absolute Gasteiger partial charge is 0.444 e. The molecule has 11 heteroatoms. The maximum atomic E-state index is 12.1. The second-order valence-corrected chi connectivity index (χ2v) is 11.0. The number of pyridine rings is 2. The number of hydrogen-bond donors (Lipinski definition) is 3. The van der Waals surface area contributed by atoms with Crippen molar-refractivity contribution in [2.75, 3.05) is 5.32 Å². The van der Waals surface area contributed by atoms with Crippen LogP contribution in [0, 0.1) is 32.1 Å². The number of nitrogens with one attached hydrogen (secondary N) is 2. The predicted molar refractivity (Wildman–Crippen MR) is 155 cm³/mol. The number of anilines is 1. The van der Waals surface area contributed by atoms with Crippen LogP contribution >= 0.6 is 0 Å². The Morgan fingerprint density at radius 1 is 1.12 bits per heavy atom. The Morgan fingerprint density at radius 3 is 2.54 bits per heavy atom. The van der Waals surface area contributed by atoms with Gasteiger partial charge in [-0.2, -0.15) is 10.4 Å². The number of amides is 2. The van der Waals surface area contributed by atoms with Crippen molar-refractivity contribution in [2.24, 2.45) is 5.73 Å². The summed E-state index contributed by atoms with van der Waals surface area (Å²) in [4.78, 5) is 33.1. The van der Waals surface area contributed by atoms with Crippen LogP contribution in [-0.2, 0) is 24.4 Å². The molecule has 0 aliphatic carbocycles. The lowest BCUT2D eigenvalue weighted by atomic mass is 10.0. The molecule has 0 spiro atoms. The number of rotatable bonds is 8. The molecule has 0 aliphatic heterocycles. The van der Waals surface area contributed by atoms with Gasteiger partial charge in [-0.05, 0) is 88.1 Å². The molecule has 1 aromatic carbocycles. The minimum Gasteiger partial charge on any atom is -0.444 e. The molecule has 0 unspecified atom stereocenters. The Labute approximate surface area is 238 Å². The van der Waals surface area contributed by atoms with Crippen LogP contribution in [0.15, 0.2) is 36.7 Å². The standard InChI is InChI=1S/C30H34N8O3/c1-17-7-21-9-20(10-23(28(32)39)27(21)34-12-17)15-38-16-22(25(11-31)37-38)13-33-14-24-18(2)8-26(35-19(24)3)36-29(40)41-30(4,5)6/h7-10,12,16,33H,13-15H2,1-6H3,(H2,32,39)(H,35,36,40). The van der Waals surface area contributed by atoms with Crippen LogP contribution in [0.4, 0.5) is 10.6 Å². The summed E-state index contributed by atoms with van der Waals surface area (Å²) >= 11 is 0. The fourth-order valence-corrected chi connectivity index (χ4v) is 4.57. The molecule has 4 N–H and O–H groups in total. The van der Waals surface area contributed by atoms with Gasteiger partial charge in [-0.25, -0.2) is 9.78 Å². The highest BCUT2D eigenvalue weighted by atomic mass is 16.6. The first-order valence-electron chi connectivity index (χ1n) is 13.2. The Kier molecular flexibility index (Phi) is 8.35. The van der Waals surface area contributed by atoms with E-state index < -0.39 is 17.6 Å². The van der Waals surface area contributed by atoms with Crippen LogP contribution in [0.5, 0.6) is 0 Å². The first-order chi connectivity index (χ1) is 19.3. The zero-order valence-electron chi connectivity index (χ0n) is 24.1. The van der Waals surface area contributed by atoms with Gasteiger partial charge in [0.15, 0.2) is 5.69 Å². The quantitative estimate of drug-likeness (QED) is 0.289. The first kappa shape index (κ1) is 29.2. The zero-order chi connectivity index (χ0) is 29.9. The highest BCUT2D eigenvalue weighted by molar-refractivity contribution is 6.05. The second-order valence-electron chi connectivity index (χ2n) is 11.0. The van der Waals surface area contributed by atoms with E-state index in [2.05, 4.69) is 31.8 Å². The number of carbonyl (C=O) groups excluding carboxylic acids is 2. The number of benzene rings is 1. The van der Waals surface area contributed by atoms with Crippen molar-refractivity contribution in [1.29, 1.82) is 5.26 Å². The number of nitrogens with zero attached hydrogens (tertiary/aromatic N) is 5. The Bertz CT molecular complexity index is 1650. The van der Waals surface area contributed by atoms with E-state index in [1.165, 1.54) is 0 Å². The van der Waals surface area contributed by atoms with Crippen LogP contribution in [0.1, 0.15) is 70.3 Å². The summed E-state index contributed by atoms with van der Waals surface area (Å²) in [6.45, 7) is 12.4. The van der Waals surface area contributed by atoms with Gasteiger partial charge in [0.2, 0.25) is 0 Å². The maximum absolute atomic E-state index is 12.1. The van der Waals surface area contributed by atoms with E-state index in [9.17, 15) is 14.9 Å². The normalized spacial score (nSPS) is 11.3. The molecule has 0 saturated carbocycles. The van der Waals surface area contributed by atoms with Crippen LogP contribution in [-0.4, -0.2) is 37.3 Å². The Morgan fingerprint density at radius 2 is 1.88 bits per heavy atom. The van der Waals surface area contributed by atoms with Gasteiger partial charge in [0.05, 0.1) is 17.6 Å². The summed E-state index contributed by atoms with van der Waals surface area (Å²) in [7, 11) is 0. The van der Waals surface area contributed by atoms with Gasteiger partial charge in [-0.3, -0.25) is 19.8 Å². The van der Waals surface area contributed by atoms with Crippen LogP contribution in [0.3, 0.4) is 0 Å².